The first-order chi connectivity index (χ1) is 9.89. The average Bonchev–Trinajstić information content (AvgIpc) is 2.38. The largest absolute Gasteiger partial charge is 0.329 e. The fraction of sp³-hybridized carbons (Fsp3) is 0.667. The van der Waals surface area contributed by atoms with Crippen LogP contribution in [0.2, 0.25) is 0 Å². The van der Waals surface area contributed by atoms with Crippen LogP contribution in [0, 0.1) is 13.8 Å². The van der Waals surface area contributed by atoms with Gasteiger partial charge in [0, 0.05) is 24.7 Å². The number of hydrogen-bond acceptors (Lipinski definition) is 3. The van der Waals surface area contributed by atoms with Crippen molar-refractivity contribution in [2.75, 3.05) is 34.2 Å². The molecule has 1 aliphatic carbocycles. The van der Waals surface area contributed by atoms with Gasteiger partial charge in [0.1, 0.15) is 0 Å². The van der Waals surface area contributed by atoms with Gasteiger partial charge in [-0.1, -0.05) is 23.8 Å². The van der Waals surface area contributed by atoms with Crippen LogP contribution in [0.4, 0.5) is 0 Å². The highest BCUT2D eigenvalue weighted by molar-refractivity contribution is 5.33. The minimum atomic E-state index is 0.308. The van der Waals surface area contributed by atoms with Gasteiger partial charge in [-0.15, -0.1) is 0 Å². The van der Waals surface area contributed by atoms with Crippen molar-refractivity contribution in [3.05, 3.63) is 34.9 Å². The summed E-state index contributed by atoms with van der Waals surface area (Å²) in [4.78, 5) is 4.87. The van der Waals surface area contributed by atoms with E-state index in [1.54, 1.807) is 0 Å². The van der Waals surface area contributed by atoms with Crippen LogP contribution in [0.15, 0.2) is 18.2 Å². The van der Waals surface area contributed by atoms with E-state index in [4.69, 9.17) is 5.73 Å². The van der Waals surface area contributed by atoms with Crippen molar-refractivity contribution in [2.24, 2.45) is 5.73 Å². The zero-order chi connectivity index (χ0) is 15.6. The Kier molecular flexibility index (Phi) is 5.07. The minimum Gasteiger partial charge on any atom is -0.329 e. The lowest BCUT2D eigenvalue weighted by Gasteiger charge is -2.50. The SMILES string of the molecule is Cc1ccc(C)c(C(CN)N(C)CC2(N(C)C)CCC2)c1. The summed E-state index contributed by atoms with van der Waals surface area (Å²) in [7, 11) is 6.65. The Morgan fingerprint density at radius 2 is 1.86 bits per heavy atom. The number of aryl methyl sites for hydroxylation is 2. The molecule has 0 aromatic heterocycles. The van der Waals surface area contributed by atoms with E-state index in [1.807, 2.05) is 0 Å². The van der Waals surface area contributed by atoms with E-state index >= 15 is 0 Å². The Bertz CT molecular complexity index is 477. The molecule has 1 unspecified atom stereocenters. The van der Waals surface area contributed by atoms with Gasteiger partial charge in [-0.05, 0) is 65.4 Å². The molecule has 1 atom stereocenters. The van der Waals surface area contributed by atoms with Gasteiger partial charge in [0.2, 0.25) is 0 Å². The van der Waals surface area contributed by atoms with Crippen molar-refractivity contribution in [3.63, 3.8) is 0 Å². The second-order valence-corrected chi connectivity index (χ2v) is 7.00. The van der Waals surface area contributed by atoms with E-state index in [2.05, 4.69) is 63.0 Å². The first-order valence-electron chi connectivity index (χ1n) is 8.04. The monoisotopic (exact) mass is 289 g/mol. The lowest BCUT2D eigenvalue weighted by Crippen LogP contribution is -2.57. The number of rotatable bonds is 6. The summed E-state index contributed by atoms with van der Waals surface area (Å²) in [6.07, 6.45) is 3.95. The maximum atomic E-state index is 6.12. The van der Waals surface area contributed by atoms with E-state index < -0.39 is 0 Å². The number of benzene rings is 1. The maximum Gasteiger partial charge on any atom is 0.0470 e. The fourth-order valence-electron chi connectivity index (χ4n) is 3.57. The second kappa shape index (κ2) is 6.47. The van der Waals surface area contributed by atoms with Crippen molar-refractivity contribution in [1.82, 2.24) is 9.80 Å². The normalized spacial score (nSPS) is 18.9. The number of nitrogens with two attached hydrogens (primary N) is 1. The van der Waals surface area contributed by atoms with Gasteiger partial charge in [-0.2, -0.15) is 0 Å². The van der Waals surface area contributed by atoms with Crippen LogP contribution in [0.25, 0.3) is 0 Å². The number of hydrogen-bond donors (Lipinski definition) is 1. The van der Waals surface area contributed by atoms with E-state index in [0.717, 1.165) is 6.54 Å². The van der Waals surface area contributed by atoms with Crippen LogP contribution < -0.4 is 5.73 Å². The Morgan fingerprint density at radius 3 is 2.33 bits per heavy atom. The standard InChI is InChI=1S/C18H31N3/c1-14-7-8-15(2)16(11-14)17(12-19)21(5)13-18(20(3)4)9-6-10-18/h7-8,11,17H,6,9-10,12-13,19H2,1-5H3. The molecule has 0 radical (unpaired) electrons. The molecular formula is C18H31N3. The molecule has 2 rings (SSSR count). The Labute approximate surface area is 130 Å². The summed E-state index contributed by atoms with van der Waals surface area (Å²) in [5.41, 5.74) is 10.5. The second-order valence-electron chi connectivity index (χ2n) is 7.00. The van der Waals surface area contributed by atoms with Crippen LogP contribution in [-0.4, -0.2) is 49.6 Å². The third-order valence-corrected chi connectivity index (χ3v) is 5.33. The van der Waals surface area contributed by atoms with Gasteiger partial charge in [0.15, 0.2) is 0 Å². The van der Waals surface area contributed by atoms with Crippen molar-refractivity contribution in [2.45, 2.75) is 44.7 Å². The van der Waals surface area contributed by atoms with Crippen LogP contribution in [-0.2, 0) is 0 Å². The molecule has 3 nitrogen and oxygen atoms in total. The fourth-order valence-corrected chi connectivity index (χ4v) is 3.57. The van der Waals surface area contributed by atoms with Crippen molar-refractivity contribution in [3.8, 4) is 0 Å². The van der Waals surface area contributed by atoms with Crippen molar-refractivity contribution in [1.29, 1.82) is 0 Å². The Hall–Kier alpha value is -0.900. The van der Waals surface area contributed by atoms with Crippen LogP contribution >= 0.6 is 0 Å². The molecule has 0 aliphatic heterocycles. The molecule has 118 valence electrons. The summed E-state index contributed by atoms with van der Waals surface area (Å²) in [5, 5.41) is 0. The van der Waals surface area contributed by atoms with E-state index in [9.17, 15) is 0 Å². The van der Waals surface area contributed by atoms with Crippen LogP contribution in [0.5, 0.6) is 0 Å². The molecule has 1 aromatic carbocycles. The first-order valence-corrected chi connectivity index (χ1v) is 8.04. The molecule has 0 amide bonds. The smallest absolute Gasteiger partial charge is 0.0470 e. The molecular weight excluding hydrogens is 258 g/mol. The maximum absolute atomic E-state index is 6.12. The van der Waals surface area contributed by atoms with E-state index in [-0.39, 0.29) is 0 Å². The highest BCUT2D eigenvalue weighted by atomic mass is 15.2. The molecule has 21 heavy (non-hydrogen) atoms. The number of nitrogens with zero attached hydrogens (tertiary/aromatic N) is 2. The van der Waals surface area contributed by atoms with E-state index in [1.165, 1.54) is 36.0 Å². The highest BCUT2D eigenvalue weighted by Crippen LogP contribution is 2.38. The van der Waals surface area contributed by atoms with Gasteiger partial charge >= 0.3 is 0 Å². The van der Waals surface area contributed by atoms with Gasteiger partial charge in [0.05, 0.1) is 0 Å². The Morgan fingerprint density at radius 1 is 1.19 bits per heavy atom. The highest BCUT2D eigenvalue weighted by Gasteiger charge is 2.40. The minimum absolute atomic E-state index is 0.308. The van der Waals surface area contributed by atoms with Crippen LogP contribution in [0.1, 0.15) is 42.0 Å². The van der Waals surface area contributed by atoms with Gasteiger partial charge in [-0.3, -0.25) is 4.90 Å². The molecule has 0 heterocycles. The van der Waals surface area contributed by atoms with Gasteiger partial charge < -0.3 is 10.6 Å². The molecule has 1 saturated carbocycles. The topological polar surface area (TPSA) is 32.5 Å². The quantitative estimate of drug-likeness (QED) is 0.874. The summed E-state index contributed by atoms with van der Waals surface area (Å²) < 4.78 is 0. The van der Waals surface area contributed by atoms with Crippen LogP contribution in [0.3, 0.4) is 0 Å². The molecule has 1 fully saturated rings. The zero-order valence-electron chi connectivity index (χ0n) is 14.3. The molecule has 3 heteroatoms. The molecule has 0 saturated heterocycles. The molecule has 0 bridgehead atoms. The number of likely N-dealkylation sites (N-methyl/N-ethyl adjacent to an activating group) is 2. The Balaban J connectivity index is 2.19. The van der Waals surface area contributed by atoms with Crippen molar-refractivity contribution >= 4 is 0 Å². The molecule has 1 aromatic rings. The predicted molar refractivity (Wildman–Crippen MR) is 90.6 cm³/mol. The lowest BCUT2D eigenvalue weighted by molar-refractivity contribution is 0.0167. The van der Waals surface area contributed by atoms with Gasteiger partial charge in [-0.25, -0.2) is 0 Å². The average molecular weight is 289 g/mol. The van der Waals surface area contributed by atoms with E-state index in [0.29, 0.717) is 18.1 Å². The third kappa shape index (κ3) is 3.31. The molecule has 2 N–H and O–H groups in total. The summed E-state index contributed by atoms with van der Waals surface area (Å²) in [6.45, 7) is 6.11. The van der Waals surface area contributed by atoms with Gasteiger partial charge in [0.25, 0.3) is 0 Å². The predicted octanol–water partition coefficient (Wildman–Crippen LogP) is 2.72. The summed E-state index contributed by atoms with van der Waals surface area (Å²) >= 11 is 0. The summed E-state index contributed by atoms with van der Waals surface area (Å²) in [5.74, 6) is 0. The first kappa shape index (κ1) is 16.5. The molecule has 1 aliphatic rings. The zero-order valence-corrected chi connectivity index (χ0v) is 14.3. The third-order valence-electron chi connectivity index (χ3n) is 5.33. The molecule has 0 spiro atoms. The summed E-state index contributed by atoms with van der Waals surface area (Å²) in [6, 6.07) is 7.00. The van der Waals surface area contributed by atoms with Crippen molar-refractivity contribution < 1.29 is 0 Å². The lowest BCUT2D eigenvalue weighted by atomic mass is 9.75.